The van der Waals surface area contributed by atoms with E-state index >= 15 is 0 Å². The number of rotatable bonds is 8. The Labute approximate surface area is 207 Å². The number of carbonyl (C=O) groups is 1. The van der Waals surface area contributed by atoms with Gasteiger partial charge in [0.05, 0.1) is 5.69 Å². The number of thiocarbonyl (C=S) groups is 1. The zero-order valence-electron chi connectivity index (χ0n) is 19.7. The summed E-state index contributed by atoms with van der Waals surface area (Å²) < 4.78 is 0. The molecule has 1 amide bonds. The predicted octanol–water partition coefficient (Wildman–Crippen LogP) is 5.93. The van der Waals surface area contributed by atoms with E-state index in [1.165, 1.54) is 32.2 Å². The Hall–Kier alpha value is -1.89. The number of fused-ring (bicyclic) bond motifs is 1. The molecule has 0 bridgehead atoms. The first-order chi connectivity index (χ1) is 16.0. The Morgan fingerprint density at radius 1 is 1.00 bits per heavy atom. The molecule has 2 aliphatic rings. The molecule has 0 aromatic heterocycles. The summed E-state index contributed by atoms with van der Waals surface area (Å²) in [5.41, 5.74) is 8.62. The highest BCUT2D eigenvalue weighted by molar-refractivity contribution is 8.00. The van der Waals surface area contributed by atoms with Crippen molar-refractivity contribution >= 4 is 40.6 Å². The summed E-state index contributed by atoms with van der Waals surface area (Å²) in [4.78, 5) is 19.8. The summed E-state index contributed by atoms with van der Waals surface area (Å²) in [5, 5.41) is -0.240. The minimum Gasteiger partial charge on any atom is -0.389 e. The van der Waals surface area contributed by atoms with Crippen molar-refractivity contribution in [2.75, 3.05) is 18.0 Å². The van der Waals surface area contributed by atoms with E-state index in [2.05, 4.69) is 30.9 Å². The maximum Gasteiger partial charge on any atom is 0.245 e. The van der Waals surface area contributed by atoms with Gasteiger partial charge in [0.1, 0.15) is 10.2 Å². The second-order valence-electron chi connectivity index (χ2n) is 9.37. The van der Waals surface area contributed by atoms with Gasteiger partial charge in [-0.05, 0) is 63.8 Å². The summed E-state index contributed by atoms with van der Waals surface area (Å²) in [6, 6.07) is 17.5. The lowest BCUT2D eigenvalue weighted by atomic mass is 9.97. The Balaban J connectivity index is 1.40. The minimum atomic E-state index is -0.240. The number of likely N-dealkylation sites (tertiary alicyclic amines) is 1. The largest absolute Gasteiger partial charge is 0.389 e. The Morgan fingerprint density at radius 2 is 1.67 bits per heavy atom. The van der Waals surface area contributed by atoms with E-state index in [9.17, 15) is 4.79 Å². The summed E-state index contributed by atoms with van der Waals surface area (Å²) in [7, 11) is 0. The highest BCUT2D eigenvalue weighted by Gasteiger charge is 2.34. The van der Waals surface area contributed by atoms with Crippen molar-refractivity contribution in [3.05, 3.63) is 59.7 Å². The van der Waals surface area contributed by atoms with Gasteiger partial charge in [-0.2, -0.15) is 0 Å². The number of para-hydroxylation sites is 1. The number of nitrogens with zero attached hydrogens (tertiary/aromatic N) is 2. The number of hydrogen-bond donors (Lipinski definition) is 1. The van der Waals surface area contributed by atoms with Crippen LogP contribution < -0.4 is 10.6 Å². The number of thioether (sulfide) groups is 1. The molecule has 33 heavy (non-hydrogen) atoms. The minimum absolute atomic E-state index is 0.167. The molecule has 2 aromatic carbocycles. The first kappa shape index (κ1) is 24.2. The fourth-order valence-electron chi connectivity index (χ4n) is 5.14. The van der Waals surface area contributed by atoms with Crippen molar-refractivity contribution in [3.8, 4) is 0 Å². The van der Waals surface area contributed by atoms with E-state index in [0.29, 0.717) is 17.1 Å². The van der Waals surface area contributed by atoms with Gasteiger partial charge in [0.15, 0.2) is 0 Å². The average molecular weight is 482 g/mol. The van der Waals surface area contributed by atoms with Gasteiger partial charge < -0.3 is 10.6 Å². The van der Waals surface area contributed by atoms with Gasteiger partial charge >= 0.3 is 0 Å². The third-order valence-electron chi connectivity index (χ3n) is 7.06. The van der Waals surface area contributed by atoms with E-state index in [1.807, 2.05) is 41.3 Å². The summed E-state index contributed by atoms with van der Waals surface area (Å²) in [6.45, 7) is 6.67. The quantitative estimate of drug-likeness (QED) is 0.374. The fourth-order valence-corrected chi connectivity index (χ4v) is 6.50. The molecule has 4 nitrogen and oxygen atoms in total. The normalized spacial score (nSPS) is 23.4. The second kappa shape index (κ2) is 11.0. The van der Waals surface area contributed by atoms with Gasteiger partial charge in [0.25, 0.3) is 0 Å². The standard InChI is InChI=1S/C27H35N3OS2/c1-19-9-8-10-20(2)29(19)17-6-3-7-18-30-23-11-4-5-12-24(23)33-25(27(30)31)21-13-15-22(16-14-21)26(28)32/h4-5,11-16,19-20,25H,3,6-10,17-18H2,1-2H3,(H2,28,32). The molecule has 2 N–H and O–H groups in total. The number of carbonyl (C=O) groups excluding carboxylic acids is 1. The molecule has 3 atom stereocenters. The molecule has 0 radical (unpaired) electrons. The number of piperidine rings is 1. The summed E-state index contributed by atoms with van der Waals surface area (Å²) in [6.07, 6.45) is 7.35. The molecular weight excluding hydrogens is 446 g/mol. The molecular formula is C27H35N3OS2. The lowest BCUT2D eigenvalue weighted by Gasteiger charge is -2.39. The number of unbranched alkanes of at least 4 members (excludes halogenated alkanes) is 2. The van der Waals surface area contributed by atoms with Crippen LogP contribution >= 0.6 is 24.0 Å². The first-order valence-electron chi connectivity index (χ1n) is 12.2. The van der Waals surface area contributed by atoms with Crippen molar-refractivity contribution in [3.63, 3.8) is 0 Å². The van der Waals surface area contributed by atoms with Crippen molar-refractivity contribution in [2.24, 2.45) is 5.73 Å². The van der Waals surface area contributed by atoms with Crippen LogP contribution in [0, 0.1) is 0 Å². The molecule has 176 valence electrons. The van der Waals surface area contributed by atoms with Crippen LogP contribution in [0.25, 0.3) is 0 Å². The Morgan fingerprint density at radius 3 is 2.36 bits per heavy atom. The SMILES string of the molecule is CC1CCCC(C)N1CCCCCN1C(=O)C(c2ccc(C(N)=S)cc2)Sc2ccccc21. The monoisotopic (exact) mass is 481 g/mol. The van der Waals surface area contributed by atoms with Gasteiger partial charge in [-0.3, -0.25) is 9.69 Å². The van der Waals surface area contributed by atoms with Crippen LogP contribution in [0.1, 0.15) is 68.7 Å². The van der Waals surface area contributed by atoms with Crippen molar-refractivity contribution in [2.45, 2.75) is 74.6 Å². The van der Waals surface area contributed by atoms with Crippen molar-refractivity contribution < 1.29 is 4.79 Å². The highest BCUT2D eigenvalue weighted by Crippen LogP contribution is 2.46. The third-order valence-corrected chi connectivity index (χ3v) is 8.61. The molecule has 1 saturated heterocycles. The van der Waals surface area contributed by atoms with Crippen LogP contribution in [-0.4, -0.2) is 41.0 Å². The zero-order valence-corrected chi connectivity index (χ0v) is 21.3. The molecule has 0 spiro atoms. The Kier molecular flexibility index (Phi) is 8.10. The topological polar surface area (TPSA) is 49.6 Å². The van der Waals surface area contributed by atoms with Crippen molar-refractivity contribution in [1.82, 2.24) is 4.90 Å². The molecule has 2 aliphatic heterocycles. The summed E-state index contributed by atoms with van der Waals surface area (Å²) >= 11 is 6.71. The van der Waals surface area contributed by atoms with Crippen LogP contribution in [0.4, 0.5) is 5.69 Å². The van der Waals surface area contributed by atoms with Crippen LogP contribution in [0.5, 0.6) is 0 Å². The molecule has 0 saturated carbocycles. The van der Waals surface area contributed by atoms with E-state index in [-0.39, 0.29) is 11.2 Å². The van der Waals surface area contributed by atoms with Crippen LogP contribution in [0.15, 0.2) is 53.4 Å². The Bertz CT molecular complexity index is 968. The van der Waals surface area contributed by atoms with Crippen LogP contribution in [0.3, 0.4) is 0 Å². The first-order valence-corrected chi connectivity index (χ1v) is 13.5. The zero-order chi connectivity index (χ0) is 23.4. The molecule has 6 heteroatoms. The number of anilines is 1. The smallest absolute Gasteiger partial charge is 0.245 e. The van der Waals surface area contributed by atoms with E-state index in [4.69, 9.17) is 18.0 Å². The molecule has 0 aliphatic carbocycles. The van der Waals surface area contributed by atoms with Crippen molar-refractivity contribution in [1.29, 1.82) is 0 Å². The van der Waals surface area contributed by atoms with Gasteiger partial charge in [-0.1, -0.05) is 61.5 Å². The number of benzene rings is 2. The highest BCUT2D eigenvalue weighted by atomic mass is 32.2. The lowest BCUT2D eigenvalue weighted by Crippen LogP contribution is -2.44. The molecule has 4 rings (SSSR count). The lowest BCUT2D eigenvalue weighted by molar-refractivity contribution is -0.118. The van der Waals surface area contributed by atoms with E-state index in [1.54, 1.807) is 11.8 Å². The van der Waals surface area contributed by atoms with E-state index < -0.39 is 0 Å². The molecule has 3 unspecified atom stereocenters. The van der Waals surface area contributed by atoms with E-state index in [0.717, 1.165) is 41.1 Å². The average Bonchev–Trinajstić information content (AvgIpc) is 2.81. The number of hydrogen-bond acceptors (Lipinski definition) is 4. The maximum absolute atomic E-state index is 13.6. The van der Waals surface area contributed by atoms with Crippen LogP contribution in [-0.2, 0) is 4.79 Å². The van der Waals surface area contributed by atoms with Gasteiger partial charge in [0, 0.05) is 29.1 Å². The van der Waals surface area contributed by atoms with Gasteiger partial charge in [-0.15, -0.1) is 11.8 Å². The molecule has 2 heterocycles. The predicted molar refractivity (Wildman–Crippen MR) is 143 cm³/mol. The van der Waals surface area contributed by atoms with Crippen LogP contribution in [0.2, 0.25) is 0 Å². The fraction of sp³-hybridized carbons (Fsp3) is 0.481. The molecule has 1 fully saturated rings. The van der Waals surface area contributed by atoms with Gasteiger partial charge in [0.2, 0.25) is 5.91 Å². The number of amides is 1. The second-order valence-corrected chi connectivity index (χ2v) is 11.0. The third kappa shape index (κ3) is 5.61. The van der Waals surface area contributed by atoms with Gasteiger partial charge in [-0.25, -0.2) is 0 Å². The summed E-state index contributed by atoms with van der Waals surface area (Å²) in [5.74, 6) is 0.167. The maximum atomic E-state index is 13.6. The number of nitrogens with two attached hydrogens (primary N) is 1. The molecule has 2 aromatic rings.